The van der Waals surface area contributed by atoms with E-state index in [0.29, 0.717) is 0 Å². The van der Waals surface area contributed by atoms with Gasteiger partial charge in [-0.1, -0.05) is 0 Å². The van der Waals surface area contributed by atoms with Gasteiger partial charge in [0.25, 0.3) is 0 Å². The van der Waals surface area contributed by atoms with E-state index in [4.69, 9.17) is 26.1 Å². The molecule has 0 unspecified atom stereocenters. The summed E-state index contributed by atoms with van der Waals surface area (Å²) in [6.45, 7) is -0.544. The highest BCUT2D eigenvalue weighted by molar-refractivity contribution is 7.46. The predicted molar refractivity (Wildman–Crippen MR) is 74.5 cm³/mol. The number of aliphatic hydroxyl groups is 1. The SMILES string of the molecule is O=P(O)(O)OC[C@H]1O[C@@H](n2cnc3c(O)ncnc32)[C@H](Cl)[C@@H]1O. The van der Waals surface area contributed by atoms with Gasteiger partial charge in [-0.3, -0.25) is 9.09 Å². The van der Waals surface area contributed by atoms with Crippen molar-refractivity contribution in [3.05, 3.63) is 12.7 Å². The quantitative estimate of drug-likeness (QED) is 0.410. The van der Waals surface area contributed by atoms with Crippen LogP contribution >= 0.6 is 19.4 Å². The van der Waals surface area contributed by atoms with E-state index in [1.165, 1.54) is 10.9 Å². The Hall–Kier alpha value is -1.33. The van der Waals surface area contributed by atoms with E-state index in [1.54, 1.807) is 0 Å². The molecule has 1 aliphatic heterocycles. The second-order valence-electron chi connectivity index (χ2n) is 4.81. The van der Waals surface area contributed by atoms with Gasteiger partial charge in [-0.2, -0.15) is 4.98 Å². The topological polar surface area (TPSA) is 160 Å². The number of phosphoric ester groups is 1. The van der Waals surface area contributed by atoms with Crippen LogP contribution in [0.3, 0.4) is 0 Å². The van der Waals surface area contributed by atoms with Gasteiger partial charge in [-0.15, -0.1) is 11.6 Å². The maximum absolute atomic E-state index is 10.7. The molecule has 4 atom stereocenters. The van der Waals surface area contributed by atoms with E-state index in [-0.39, 0.29) is 17.0 Å². The van der Waals surface area contributed by atoms with Gasteiger partial charge < -0.3 is 24.7 Å². The molecule has 0 spiro atoms. The molecule has 0 radical (unpaired) electrons. The summed E-state index contributed by atoms with van der Waals surface area (Å²) < 4.78 is 22.0. The number of aliphatic hydroxyl groups excluding tert-OH is 1. The van der Waals surface area contributed by atoms with E-state index in [0.717, 1.165) is 6.33 Å². The fourth-order valence-corrected chi connectivity index (χ4v) is 2.95. The standard InChI is InChI=1S/C10H12ClN4O7P/c11-5-7(16)4(1-21-23(18,19)20)22-10(5)15-3-14-6-8(15)12-2-13-9(6)17/h2-5,7,10,16H,1H2,(H,12,13,17)(H2,18,19,20)/t4-,5-,7-,10-/m1/s1. The molecule has 2 aromatic heterocycles. The Morgan fingerprint density at radius 3 is 2.83 bits per heavy atom. The molecule has 3 rings (SSSR count). The monoisotopic (exact) mass is 366 g/mol. The average Bonchev–Trinajstić information content (AvgIpc) is 3.01. The molecule has 2 aromatic rings. The molecule has 3 heterocycles. The Morgan fingerprint density at radius 2 is 2.13 bits per heavy atom. The number of hydrogen-bond donors (Lipinski definition) is 4. The first kappa shape index (κ1) is 16.5. The average molecular weight is 367 g/mol. The van der Waals surface area contributed by atoms with Crippen molar-refractivity contribution in [2.75, 3.05) is 6.61 Å². The van der Waals surface area contributed by atoms with Crippen molar-refractivity contribution in [1.29, 1.82) is 0 Å². The van der Waals surface area contributed by atoms with E-state index < -0.39 is 38.2 Å². The maximum Gasteiger partial charge on any atom is 0.469 e. The molecule has 0 aliphatic carbocycles. The van der Waals surface area contributed by atoms with E-state index in [1.807, 2.05) is 0 Å². The number of imidazole rings is 1. The summed E-state index contributed by atoms with van der Waals surface area (Å²) >= 11 is 6.13. The highest BCUT2D eigenvalue weighted by Gasteiger charge is 2.45. The number of aromatic nitrogens is 4. The number of fused-ring (bicyclic) bond motifs is 1. The smallest absolute Gasteiger partial charge is 0.469 e. The molecule has 1 saturated heterocycles. The zero-order valence-corrected chi connectivity index (χ0v) is 12.9. The Bertz CT molecular complexity index is 767. The van der Waals surface area contributed by atoms with Crippen LogP contribution in [0, 0.1) is 0 Å². The van der Waals surface area contributed by atoms with Crippen molar-refractivity contribution < 1.29 is 33.8 Å². The number of hydrogen-bond acceptors (Lipinski definition) is 8. The van der Waals surface area contributed by atoms with Crippen LogP contribution in [0.5, 0.6) is 5.88 Å². The molecule has 4 N–H and O–H groups in total. The fourth-order valence-electron chi connectivity index (χ4n) is 2.26. The van der Waals surface area contributed by atoms with Gasteiger partial charge in [-0.05, 0) is 0 Å². The van der Waals surface area contributed by atoms with Crippen LogP contribution in [-0.4, -0.2) is 63.7 Å². The van der Waals surface area contributed by atoms with Gasteiger partial charge in [0.15, 0.2) is 17.4 Å². The second-order valence-corrected chi connectivity index (χ2v) is 6.55. The van der Waals surface area contributed by atoms with Gasteiger partial charge in [-0.25, -0.2) is 14.5 Å². The van der Waals surface area contributed by atoms with E-state index >= 15 is 0 Å². The third-order valence-electron chi connectivity index (χ3n) is 3.31. The van der Waals surface area contributed by atoms with Gasteiger partial charge in [0.1, 0.15) is 23.9 Å². The minimum atomic E-state index is -4.70. The van der Waals surface area contributed by atoms with Crippen LogP contribution in [0.15, 0.2) is 12.7 Å². The number of phosphoric acid groups is 1. The summed E-state index contributed by atoms with van der Waals surface area (Å²) in [4.78, 5) is 28.9. The van der Waals surface area contributed by atoms with Crippen molar-refractivity contribution >= 4 is 30.6 Å². The van der Waals surface area contributed by atoms with E-state index in [9.17, 15) is 14.8 Å². The third kappa shape index (κ3) is 3.17. The first-order chi connectivity index (χ1) is 10.8. The molecule has 23 heavy (non-hydrogen) atoms. The Labute approximate surface area is 133 Å². The van der Waals surface area contributed by atoms with Crippen LogP contribution in [-0.2, 0) is 13.8 Å². The first-order valence-electron chi connectivity index (χ1n) is 6.32. The number of halogens is 1. The highest BCUT2D eigenvalue weighted by Crippen LogP contribution is 2.40. The van der Waals surface area contributed by atoms with Crippen molar-refractivity contribution in [1.82, 2.24) is 19.5 Å². The number of alkyl halides is 1. The third-order valence-corrected chi connectivity index (χ3v) is 4.27. The summed E-state index contributed by atoms with van der Waals surface area (Å²) in [6, 6.07) is 0. The molecular weight excluding hydrogens is 355 g/mol. The van der Waals surface area contributed by atoms with Crippen LogP contribution in [0.4, 0.5) is 0 Å². The molecular formula is C10H12ClN4O7P. The normalized spacial score (nSPS) is 28.5. The molecule has 1 fully saturated rings. The summed E-state index contributed by atoms with van der Waals surface area (Å²) in [5.74, 6) is -0.320. The van der Waals surface area contributed by atoms with E-state index in [2.05, 4.69) is 19.5 Å². The molecule has 0 aromatic carbocycles. The lowest BCUT2D eigenvalue weighted by atomic mass is 10.2. The number of nitrogens with zero attached hydrogens (tertiary/aromatic N) is 4. The summed E-state index contributed by atoms with van der Waals surface area (Å²) in [5.41, 5.74) is 0.362. The largest absolute Gasteiger partial charge is 0.492 e. The minimum Gasteiger partial charge on any atom is -0.492 e. The number of rotatable bonds is 4. The van der Waals surface area contributed by atoms with Gasteiger partial charge in [0, 0.05) is 0 Å². The second kappa shape index (κ2) is 5.95. The zero-order chi connectivity index (χ0) is 16.8. The minimum absolute atomic E-state index is 0.129. The molecule has 11 nitrogen and oxygen atoms in total. The lowest BCUT2D eigenvalue weighted by Crippen LogP contribution is -2.30. The number of ether oxygens (including phenoxy) is 1. The van der Waals surface area contributed by atoms with Crippen LogP contribution in [0.2, 0.25) is 0 Å². The molecule has 13 heteroatoms. The van der Waals surface area contributed by atoms with Gasteiger partial charge in [0.05, 0.1) is 12.9 Å². The zero-order valence-electron chi connectivity index (χ0n) is 11.3. The number of aromatic hydroxyl groups is 1. The van der Waals surface area contributed by atoms with Crippen molar-refractivity contribution in [3.8, 4) is 5.88 Å². The fraction of sp³-hybridized carbons (Fsp3) is 0.500. The lowest BCUT2D eigenvalue weighted by molar-refractivity contribution is -0.0423. The Balaban J connectivity index is 1.85. The Kier molecular flexibility index (Phi) is 4.27. The molecule has 1 aliphatic rings. The molecule has 0 amide bonds. The van der Waals surface area contributed by atoms with Crippen LogP contribution in [0.1, 0.15) is 6.23 Å². The molecule has 0 bridgehead atoms. The summed E-state index contributed by atoms with van der Waals surface area (Å²) in [7, 11) is -4.70. The molecule has 0 saturated carbocycles. The van der Waals surface area contributed by atoms with Crippen LogP contribution < -0.4 is 0 Å². The maximum atomic E-state index is 10.7. The first-order valence-corrected chi connectivity index (χ1v) is 8.29. The van der Waals surface area contributed by atoms with Gasteiger partial charge in [0.2, 0.25) is 5.88 Å². The predicted octanol–water partition coefficient (Wildman–Crippen LogP) is -0.493. The molecule has 126 valence electrons. The lowest BCUT2D eigenvalue weighted by Gasteiger charge is -2.16. The highest BCUT2D eigenvalue weighted by atomic mass is 35.5. The van der Waals surface area contributed by atoms with Crippen molar-refractivity contribution in [2.24, 2.45) is 0 Å². The van der Waals surface area contributed by atoms with Gasteiger partial charge >= 0.3 is 7.82 Å². The van der Waals surface area contributed by atoms with Crippen LogP contribution in [0.25, 0.3) is 11.2 Å². The van der Waals surface area contributed by atoms with Crippen molar-refractivity contribution in [3.63, 3.8) is 0 Å². The summed E-state index contributed by atoms with van der Waals surface area (Å²) in [6.07, 6.45) is -0.780. The Morgan fingerprint density at radius 1 is 1.39 bits per heavy atom. The summed E-state index contributed by atoms with van der Waals surface area (Å²) in [5, 5.41) is 18.7. The van der Waals surface area contributed by atoms with Crippen molar-refractivity contribution in [2.45, 2.75) is 23.8 Å².